The predicted molar refractivity (Wildman–Crippen MR) is 149 cm³/mol. The third kappa shape index (κ3) is 7.35. The second-order valence-corrected chi connectivity index (χ2v) is 11.2. The summed E-state index contributed by atoms with van der Waals surface area (Å²) in [5.41, 5.74) is 0.412. The smallest absolute Gasteiger partial charge is 0.408 e. The van der Waals surface area contributed by atoms with Gasteiger partial charge in [0.2, 0.25) is 0 Å². The van der Waals surface area contributed by atoms with Crippen molar-refractivity contribution in [2.75, 3.05) is 0 Å². The van der Waals surface area contributed by atoms with Gasteiger partial charge in [-0.05, 0) is 95.8 Å². The Hall–Kier alpha value is -4.56. The van der Waals surface area contributed by atoms with Crippen LogP contribution >= 0.6 is 0 Å². The Bertz CT molecular complexity index is 1720. The van der Waals surface area contributed by atoms with Crippen molar-refractivity contribution in [3.05, 3.63) is 87.2 Å². The molecule has 41 heavy (non-hydrogen) atoms. The molecule has 3 N–H and O–H groups in total. The number of rotatable bonds is 5. The maximum atomic E-state index is 14.1. The molecule has 0 aliphatic carbocycles. The molecule has 3 heterocycles. The van der Waals surface area contributed by atoms with Crippen molar-refractivity contribution in [3.8, 4) is 23.0 Å². The Labute approximate surface area is 235 Å². The molecule has 1 amide bonds. The van der Waals surface area contributed by atoms with E-state index in [-0.39, 0.29) is 17.7 Å². The second-order valence-electron chi connectivity index (χ2n) is 11.2. The first-order chi connectivity index (χ1) is 19.1. The number of pyridine rings is 2. The van der Waals surface area contributed by atoms with Gasteiger partial charge in [0.25, 0.3) is 0 Å². The maximum Gasteiger partial charge on any atom is 0.408 e. The fourth-order valence-electron chi connectivity index (χ4n) is 4.31. The first-order valence-electron chi connectivity index (χ1n) is 12.9. The average molecular weight is 564 g/mol. The number of alkyl carbamates (subject to hydrolysis) is 1. The number of carbonyl (C=O) groups excluding carboxylic acids is 1. The number of aromatic amines is 1. The van der Waals surface area contributed by atoms with Crippen LogP contribution in [-0.4, -0.2) is 42.0 Å². The lowest BCUT2D eigenvalue weighted by Crippen LogP contribution is -2.36. The van der Waals surface area contributed by atoms with E-state index in [1.165, 1.54) is 30.4 Å². The third-order valence-corrected chi connectivity index (χ3v) is 5.92. The standard InChI is InChI=1S/C30H31F2N5O4/c1-17-22(9-10-25-35-36-27(38)37(17)25)23-8-7-21(11-12-30(5,6)40)33-26(23)24(34-28(39)41-29(2,3)4)15-18-13-19(31)16-20(32)14-18/h7-10,13-14,16,24,40H,15H2,1-6H3,(H,34,39)(H,36,38). The first kappa shape index (κ1) is 29.4. The number of fused-ring (bicyclic) bond motifs is 1. The zero-order valence-electron chi connectivity index (χ0n) is 23.6. The highest BCUT2D eigenvalue weighted by Gasteiger charge is 2.26. The summed E-state index contributed by atoms with van der Waals surface area (Å²) in [7, 11) is 0. The highest BCUT2D eigenvalue weighted by atomic mass is 19.1. The largest absolute Gasteiger partial charge is 0.444 e. The molecule has 1 unspecified atom stereocenters. The lowest BCUT2D eigenvalue weighted by Gasteiger charge is -2.25. The van der Waals surface area contributed by atoms with Gasteiger partial charge in [-0.2, -0.15) is 5.10 Å². The van der Waals surface area contributed by atoms with E-state index in [1.807, 2.05) is 0 Å². The van der Waals surface area contributed by atoms with Crippen LogP contribution in [0, 0.1) is 30.4 Å². The molecule has 214 valence electrons. The molecule has 0 saturated heterocycles. The van der Waals surface area contributed by atoms with Gasteiger partial charge in [-0.15, -0.1) is 0 Å². The normalized spacial score (nSPS) is 12.5. The summed E-state index contributed by atoms with van der Waals surface area (Å²) >= 11 is 0. The van der Waals surface area contributed by atoms with Crippen LogP contribution in [0.25, 0.3) is 16.8 Å². The van der Waals surface area contributed by atoms with E-state index in [0.29, 0.717) is 28.2 Å². The number of benzene rings is 1. The third-order valence-electron chi connectivity index (χ3n) is 5.92. The van der Waals surface area contributed by atoms with Crippen LogP contribution in [0.2, 0.25) is 0 Å². The van der Waals surface area contributed by atoms with Crippen LogP contribution in [0.1, 0.15) is 63.3 Å². The molecule has 0 fully saturated rings. The van der Waals surface area contributed by atoms with Crippen LogP contribution in [-0.2, 0) is 11.2 Å². The minimum absolute atomic E-state index is 0.0523. The molecule has 1 aromatic carbocycles. The maximum absolute atomic E-state index is 14.1. The molecule has 0 spiro atoms. The summed E-state index contributed by atoms with van der Waals surface area (Å²) in [6.45, 7) is 9.93. The monoisotopic (exact) mass is 563 g/mol. The van der Waals surface area contributed by atoms with E-state index in [0.717, 1.165) is 6.07 Å². The van der Waals surface area contributed by atoms with Gasteiger partial charge < -0.3 is 15.2 Å². The van der Waals surface area contributed by atoms with Gasteiger partial charge in [-0.25, -0.2) is 32.9 Å². The quantitative estimate of drug-likeness (QED) is 0.305. The Morgan fingerprint density at radius 3 is 2.39 bits per heavy atom. The number of halogens is 2. The summed E-state index contributed by atoms with van der Waals surface area (Å²) in [5, 5.41) is 19.3. The second kappa shape index (κ2) is 11.1. The van der Waals surface area contributed by atoms with Crippen molar-refractivity contribution in [2.45, 2.75) is 65.2 Å². The number of H-pyrrole nitrogens is 1. The number of ether oxygens (including phenoxy) is 1. The van der Waals surface area contributed by atoms with Crippen LogP contribution in [0.4, 0.5) is 13.6 Å². The fourth-order valence-corrected chi connectivity index (χ4v) is 4.31. The number of hydrogen-bond acceptors (Lipinski definition) is 6. The zero-order chi connectivity index (χ0) is 30.1. The van der Waals surface area contributed by atoms with Gasteiger partial charge in [0, 0.05) is 22.9 Å². The van der Waals surface area contributed by atoms with E-state index in [2.05, 4.69) is 27.4 Å². The molecule has 3 aromatic heterocycles. The topological polar surface area (TPSA) is 122 Å². The van der Waals surface area contributed by atoms with Crippen LogP contribution in [0.3, 0.4) is 0 Å². The number of hydrogen-bond donors (Lipinski definition) is 3. The summed E-state index contributed by atoms with van der Waals surface area (Å²) in [4.78, 5) is 30.2. The van der Waals surface area contributed by atoms with Gasteiger partial charge in [-0.1, -0.05) is 5.92 Å². The van der Waals surface area contributed by atoms with Crippen LogP contribution < -0.4 is 11.0 Å². The lowest BCUT2D eigenvalue weighted by molar-refractivity contribution is 0.0502. The number of aliphatic hydroxyl groups is 1. The highest BCUT2D eigenvalue weighted by molar-refractivity contribution is 5.73. The molecule has 0 bridgehead atoms. The Kier molecular flexibility index (Phi) is 7.99. The van der Waals surface area contributed by atoms with Crippen LogP contribution in [0.15, 0.2) is 47.3 Å². The van der Waals surface area contributed by atoms with Crippen molar-refractivity contribution in [3.63, 3.8) is 0 Å². The van der Waals surface area contributed by atoms with Crippen molar-refractivity contribution >= 4 is 11.7 Å². The minimum Gasteiger partial charge on any atom is -0.444 e. The van der Waals surface area contributed by atoms with Crippen molar-refractivity contribution in [2.24, 2.45) is 0 Å². The van der Waals surface area contributed by atoms with E-state index in [1.54, 1.807) is 52.0 Å². The van der Waals surface area contributed by atoms with E-state index >= 15 is 0 Å². The number of amides is 1. The molecule has 11 heteroatoms. The molecule has 0 aliphatic heterocycles. The highest BCUT2D eigenvalue weighted by Crippen LogP contribution is 2.32. The number of nitrogens with one attached hydrogen (secondary N) is 2. The first-order valence-corrected chi connectivity index (χ1v) is 12.9. The van der Waals surface area contributed by atoms with Crippen molar-refractivity contribution < 1.29 is 23.4 Å². The Balaban J connectivity index is 1.94. The summed E-state index contributed by atoms with van der Waals surface area (Å²) < 4.78 is 35.2. The number of aromatic nitrogens is 4. The molecular weight excluding hydrogens is 532 g/mol. The van der Waals surface area contributed by atoms with Gasteiger partial charge in [0.05, 0.1) is 11.7 Å². The van der Waals surface area contributed by atoms with E-state index in [9.17, 15) is 23.5 Å². The lowest BCUT2D eigenvalue weighted by atomic mass is 9.94. The SMILES string of the molecule is Cc1c(-c2ccc(C#CC(C)(C)O)nc2C(Cc2cc(F)cc(F)c2)NC(=O)OC(C)(C)C)ccc2n[nH]c(=O)n12. The fraction of sp³-hybridized carbons (Fsp3) is 0.333. The summed E-state index contributed by atoms with van der Waals surface area (Å²) in [6, 6.07) is 8.96. The molecule has 0 saturated carbocycles. The van der Waals surface area contributed by atoms with Crippen molar-refractivity contribution in [1.29, 1.82) is 0 Å². The number of carbonyl (C=O) groups is 1. The summed E-state index contributed by atoms with van der Waals surface area (Å²) in [5.74, 6) is 4.01. The summed E-state index contributed by atoms with van der Waals surface area (Å²) in [6.07, 6.45) is -0.818. The average Bonchev–Trinajstić information content (AvgIpc) is 3.22. The van der Waals surface area contributed by atoms with Gasteiger partial charge in [0.1, 0.15) is 28.5 Å². The molecule has 4 rings (SSSR count). The van der Waals surface area contributed by atoms with E-state index < -0.39 is 40.7 Å². The van der Waals surface area contributed by atoms with Gasteiger partial charge in [0.15, 0.2) is 5.65 Å². The molecule has 9 nitrogen and oxygen atoms in total. The minimum atomic E-state index is -1.29. The molecular formula is C30H31F2N5O4. The number of aryl methyl sites for hydroxylation is 1. The molecule has 4 aromatic rings. The predicted octanol–water partition coefficient (Wildman–Crippen LogP) is 4.60. The Morgan fingerprint density at radius 1 is 1.10 bits per heavy atom. The molecule has 0 radical (unpaired) electrons. The van der Waals surface area contributed by atoms with E-state index in [4.69, 9.17) is 9.72 Å². The van der Waals surface area contributed by atoms with Crippen LogP contribution in [0.5, 0.6) is 0 Å². The molecule has 0 aliphatic rings. The Morgan fingerprint density at radius 2 is 1.76 bits per heavy atom. The van der Waals surface area contributed by atoms with Gasteiger partial charge >= 0.3 is 11.8 Å². The zero-order valence-corrected chi connectivity index (χ0v) is 23.6. The van der Waals surface area contributed by atoms with Gasteiger partial charge in [-0.3, -0.25) is 0 Å². The molecule has 1 atom stereocenters. The van der Waals surface area contributed by atoms with Crippen molar-refractivity contribution in [1.82, 2.24) is 24.9 Å². The number of nitrogens with zero attached hydrogens (tertiary/aromatic N) is 3.